The Hall–Kier alpha value is -1.02. The first-order chi connectivity index (χ1) is 5.72. The lowest BCUT2D eigenvalue weighted by Gasteiger charge is -2.07. The molecule has 12 heavy (non-hydrogen) atoms. The average Bonchev–Trinajstić information content (AvgIpc) is 2.03. The van der Waals surface area contributed by atoms with Gasteiger partial charge in [0, 0.05) is 5.56 Å². The number of alkyl halides is 1. The molecule has 0 aromatic heterocycles. The van der Waals surface area contributed by atoms with Crippen LogP contribution >= 0.6 is 11.6 Å². The minimum atomic E-state index is -0.382. The molecule has 2 nitrogen and oxygen atoms in total. The summed E-state index contributed by atoms with van der Waals surface area (Å²) in [7, 11) is 0. The fraction of sp³-hybridized carbons (Fsp3) is 0.222. The Kier molecular flexibility index (Phi) is 3.11. The largest absolute Gasteiger partial charge is 0.475 e. The molecule has 0 spiro atoms. The molecule has 1 atom stereocenters. The van der Waals surface area contributed by atoms with Crippen molar-refractivity contribution in [2.75, 3.05) is 0 Å². The molecule has 1 unspecified atom stereocenters. The van der Waals surface area contributed by atoms with Crippen LogP contribution in [0.4, 0.5) is 0 Å². The standard InChI is InChI=1S/C9H9ClO2/c1-7(10)12-9-4-2-3-8(5-9)6-11/h2-7H,1H3. The Labute approximate surface area is 76.1 Å². The van der Waals surface area contributed by atoms with E-state index in [0.29, 0.717) is 11.3 Å². The molecule has 0 saturated heterocycles. The Balaban J connectivity index is 2.79. The smallest absolute Gasteiger partial charge is 0.169 e. The third-order valence-electron chi connectivity index (χ3n) is 1.29. The van der Waals surface area contributed by atoms with Crippen LogP contribution in [0.1, 0.15) is 17.3 Å². The molecule has 0 amide bonds. The highest BCUT2D eigenvalue weighted by molar-refractivity contribution is 6.19. The summed E-state index contributed by atoms with van der Waals surface area (Å²) in [5.74, 6) is 0.613. The number of hydrogen-bond donors (Lipinski definition) is 0. The summed E-state index contributed by atoms with van der Waals surface area (Å²) in [4.78, 5) is 10.4. The maximum atomic E-state index is 10.4. The monoisotopic (exact) mass is 184 g/mol. The summed E-state index contributed by atoms with van der Waals surface area (Å²) < 4.78 is 5.16. The average molecular weight is 185 g/mol. The number of carbonyl (C=O) groups excluding carboxylic acids is 1. The van der Waals surface area contributed by atoms with Crippen molar-refractivity contribution in [3.8, 4) is 5.75 Å². The van der Waals surface area contributed by atoms with Gasteiger partial charge in [-0.25, -0.2) is 0 Å². The molecule has 1 aromatic rings. The van der Waals surface area contributed by atoms with Gasteiger partial charge in [0.05, 0.1) is 0 Å². The van der Waals surface area contributed by atoms with Gasteiger partial charge in [-0.15, -0.1) is 0 Å². The molecule has 3 heteroatoms. The Morgan fingerprint density at radius 3 is 2.92 bits per heavy atom. The number of carbonyl (C=O) groups is 1. The van der Waals surface area contributed by atoms with Crippen molar-refractivity contribution in [1.29, 1.82) is 0 Å². The lowest BCUT2D eigenvalue weighted by Crippen LogP contribution is -2.02. The number of benzene rings is 1. The van der Waals surface area contributed by atoms with Gasteiger partial charge in [-0.1, -0.05) is 23.7 Å². The van der Waals surface area contributed by atoms with E-state index in [9.17, 15) is 4.79 Å². The van der Waals surface area contributed by atoms with Gasteiger partial charge in [0.25, 0.3) is 0 Å². The number of halogens is 1. The molecule has 0 saturated carbocycles. The Morgan fingerprint density at radius 2 is 2.33 bits per heavy atom. The third-order valence-corrected chi connectivity index (χ3v) is 1.38. The van der Waals surface area contributed by atoms with Crippen molar-refractivity contribution in [1.82, 2.24) is 0 Å². The van der Waals surface area contributed by atoms with Crippen LogP contribution < -0.4 is 4.74 Å². The van der Waals surface area contributed by atoms with Gasteiger partial charge in [-0.2, -0.15) is 0 Å². The fourth-order valence-electron chi connectivity index (χ4n) is 0.849. The molecule has 0 aliphatic rings. The highest BCUT2D eigenvalue weighted by atomic mass is 35.5. The topological polar surface area (TPSA) is 26.3 Å². The van der Waals surface area contributed by atoms with E-state index in [2.05, 4.69) is 0 Å². The van der Waals surface area contributed by atoms with E-state index in [4.69, 9.17) is 16.3 Å². The lowest BCUT2D eigenvalue weighted by atomic mass is 10.2. The molecule has 0 fully saturated rings. The first-order valence-electron chi connectivity index (χ1n) is 3.58. The molecule has 0 aliphatic carbocycles. The molecule has 0 radical (unpaired) electrons. The van der Waals surface area contributed by atoms with E-state index in [-0.39, 0.29) is 5.56 Å². The van der Waals surface area contributed by atoms with Crippen LogP contribution in [0.5, 0.6) is 5.75 Å². The molecule has 0 heterocycles. The molecule has 1 aromatic carbocycles. The summed E-state index contributed by atoms with van der Waals surface area (Å²) in [6.07, 6.45) is 0.770. The Morgan fingerprint density at radius 1 is 1.58 bits per heavy atom. The maximum Gasteiger partial charge on any atom is 0.169 e. The van der Waals surface area contributed by atoms with E-state index in [1.54, 1.807) is 31.2 Å². The molecule has 0 N–H and O–H groups in total. The summed E-state index contributed by atoms with van der Waals surface area (Å²) in [5.41, 5.74) is 0.205. The quantitative estimate of drug-likeness (QED) is 0.533. The SMILES string of the molecule is CC(Cl)Oc1cccc(C=O)c1. The normalized spacial score (nSPS) is 12.2. The number of rotatable bonds is 3. The van der Waals surface area contributed by atoms with Gasteiger partial charge in [-0.05, 0) is 19.1 Å². The lowest BCUT2D eigenvalue weighted by molar-refractivity contribution is 0.112. The van der Waals surface area contributed by atoms with Gasteiger partial charge in [-0.3, -0.25) is 4.79 Å². The second-order valence-corrected chi connectivity index (χ2v) is 2.97. The van der Waals surface area contributed by atoms with Crippen molar-refractivity contribution in [2.24, 2.45) is 0 Å². The second kappa shape index (κ2) is 4.12. The van der Waals surface area contributed by atoms with E-state index in [1.165, 1.54) is 0 Å². The van der Waals surface area contributed by atoms with Crippen LogP contribution in [-0.4, -0.2) is 11.8 Å². The zero-order valence-electron chi connectivity index (χ0n) is 6.66. The summed E-state index contributed by atoms with van der Waals surface area (Å²) >= 11 is 5.60. The zero-order chi connectivity index (χ0) is 8.97. The van der Waals surface area contributed by atoms with Gasteiger partial charge < -0.3 is 4.74 Å². The van der Waals surface area contributed by atoms with Crippen LogP contribution in [0.3, 0.4) is 0 Å². The minimum Gasteiger partial charge on any atom is -0.475 e. The Bertz CT molecular complexity index is 271. The van der Waals surface area contributed by atoms with Crippen molar-refractivity contribution in [3.63, 3.8) is 0 Å². The maximum absolute atomic E-state index is 10.4. The van der Waals surface area contributed by atoms with Crippen LogP contribution in [0.25, 0.3) is 0 Å². The van der Waals surface area contributed by atoms with Crippen LogP contribution in [0, 0.1) is 0 Å². The highest BCUT2D eigenvalue weighted by Gasteiger charge is 1.98. The number of aldehydes is 1. The van der Waals surface area contributed by atoms with Crippen molar-refractivity contribution >= 4 is 17.9 Å². The molecule has 64 valence electrons. The van der Waals surface area contributed by atoms with Crippen molar-refractivity contribution in [3.05, 3.63) is 29.8 Å². The van der Waals surface area contributed by atoms with Crippen LogP contribution in [0.2, 0.25) is 0 Å². The first kappa shape index (κ1) is 9.07. The van der Waals surface area contributed by atoms with Crippen molar-refractivity contribution in [2.45, 2.75) is 12.5 Å². The molecule has 0 bridgehead atoms. The van der Waals surface area contributed by atoms with Gasteiger partial charge in [0.2, 0.25) is 0 Å². The van der Waals surface area contributed by atoms with E-state index >= 15 is 0 Å². The first-order valence-corrected chi connectivity index (χ1v) is 4.02. The van der Waals surface area contributed by atoms with Crippen LogP contribution in [-0.2, 0) is 0 Å². The van der Waals surface area contributed by atoms with Crippen molar-refractivity contribution < 1.29 is 9.53 Å². The predicted octanol–water partition coefficient (Wildman–Crippen LogP) is 2.46. The van der Waals surface area contributed by atoms with Crippen LogP contribution in [0.15, 0.2) is 24.3 Å². The summed E-state index contributed by atoms with van der Waals surface area (Å²) in [6, 6.07) is 6.86. The minimum absolute atomic E-state index is 0.382. The van der Waals surface area contributed by atoms with E-state index < -0.39 is 0 Å². The summed E-state index contributed by atoms with van der Waals surface area (Å²) in [6.45, 7) is 1.72. The zero-order valence-corrected chi connectivity index (χ0v) is 7.41. The molecular formula is C9H9ClO2. The molecular weight excluding hydrogens is 176 g/mol. The second-order valence-electron chi connectivity index (χ2n) is 2.35. The van der Waals surface area contributed by atoms with Gasteiger partial charge in [0.15, 0.2) is 5.56 Å². The predicted molar refractivity (Wildman–Crippen MR) is 47.8 cm³/mol. The van der Waals surface area contributed by atoms with E-state index in [0.717, 1.165) is 6.29 Å². The number of hydrogen-bond acceptors (Lipinski definition) is 2. The fourth-order valence-corrected chi connectivity index (χ4v) is 0.952. The third kappa shape index (κ3) is 2.55. The molecule has 1 rings (SSSR count). The van der Waals surface area contributed by atoms with E-state index in [1.807, 2.05) is 0 Å². The van der Waals surface area contributed by atoms with Gasteiger partial charge in [0.1, 0.15) is 12.0 Å². The summed E-state index contributed by atoms with van der Waals surface area (Å²) in [5, 5.41) is 0. The van der Waals surface area contributed by atoms with Gasteiger partial charge >= 0.3 is 0 Å². The molecule has 0 aliphatic heterocycles. The highest BCUT2D eigenvalue weighted by Crippen LogP contribution is 2.14. The number of ether oxygens (including phenoxy) is 1.